The van der Waals surface area contributed by atoms with Crippen LogP contribution in [0.1, 0.15) is 62.0 Å². The molecule has 2 heterocycles. The highest BCUT2D eigenvalue weighted by Gasteiger charge is 2.30. The molecule has 0 aliphatic heterocycles. The SMILES string of the molecule is C=CC(=O)Nc1ccccc1-c1c(CC)nc2n(CC(=O)Nc3ccc(C(F)(F)F)cc3)c(C3CCCCC3)nn2c1=O. The predicted octanol–water partition coefficient (Wildman–Crippen LogP) is 5.95. The molecule has 1 fully saturated rings. The Labute approximate surface area is 245 Å². The van der Waals surface area contributed by atoms with E-state index in [1.54, 1.807) is 28.8 Å². The molecule has 0 spiro atoms. The first-order chi connectivity index (χ1) is 20.6. The molecule has 1 aliphatic rings. The third kappa shape index (κ3) is 6.23. The zero-order valence-corrected chi connectivity index (χ0v) is 23.6. The van der Waals surface area contributed by atoms with Crippen LogP contribution in [-0.2, 0) is 28.7 Å². The molecule has 2 aromatic heterocycles. The van der Waals surface area contributed by atoms with E-state index >= 15 is 0 Å². The smallest absolute Gasteiger partial charge is 0.325 e. The lowest BCUT2D eigenvalue weighted by atomic mass is 9.88. The molecule has 0 saturated heterocycles. The van der Waals surface area contributed by atoms with Crippen LogP contribution in [0.3, 0.4) is 0 Å². The highest BCUT2D eigenvalue weighted by atomic mass is 19.4. The van der Waals surface area contributed by atoms with Crippen molar-refractivity contribution in [2.24, 2.45) is 0 Å². The summed E-state index contributed by atoms with van der Waals surface area (Å²) < 4.78 is 41.8. The normalized spacial score (nSPS) is 14.0. The lowest BCUT2D eigenvalue weighted by Crippen LogP contribution is -2.24. The quantitative estimate of drug-likeness (QED) is 0.246. The van der Waals surface area contributed by atoms with Gasteiger partial charge in [0.2, 0.25) is 17.6 Å². The van der Waals surface area contributed by atoms with Crippen molar-refractivity contribution >= 4 is 29.0 Å². The molecule has 0 bridgehead atoms. The minimum absolute atomic E-state index is 0.00131. The Hall–Kier alpha value is -4.74. The van der Waals surface area contributed by atoms with Crippen molar-refractivity contribution in [3.63, 3.8) is 0 Å². The van der Waals surface area contributed by atoms with Crippen molar-refractivity contribution < 1.29 is 22.8 Å². The largest absolute Gasteiger partial charge is 0.416 e. The molecule has 5 rings (SSSR count). The summed E-state index contributed by atoms with van der Waals surface area (Å²) in [4.78, 5) is 44.2. The molecule has 0 unspecified atom stereocenters. The Morgan fingerprint density at radius 2 is 1.74 bits per heavy atom. The van der Waals surface area contributed by atoms with Gasteiger partial charge in [-0.3, -0.25) is 19.0 Å². The van der Waals surface area contributed by atoms with Crippen molar-refractivity contribution in [2.45, 2.75) is 64.1 Å². The number of halogens is 3. The molecule has 224 valence electrons. The van der Waals surface area contributed by atoms with Crippen molar-refractivity contribution in [3.8, 4) is 11.1 Å². The molecular formula is C31H31F3N6O3. The van der Waals surface area contributed by atoms with Gasteiger partial charge >= 0.3 is 6.18 Å². The summed E-state index contributed by atoms with van der Waals surface area (Å²) in [5.74, 6) is -0.171. The van der Waals surface area contributed by atoms with Gasteiger partial charge in [-0.05, 0) is 55.7 Å². The minimum atomic E-state index is -4.49. The van der Waals surface area contributed by atoms with Gasteiger partial charge < -0.3 is 10.6 Å². The summed E-state index contributed by atoms with van der Waals surface area (Å²) in [6.07, 6.45) is 1.75. The van der Waals surface area contributed by atoms with Crippen molar-refractivity contribution in [1.82, 2.24) is 19.2 Å². The first-order valence-corrected chi connectivity index (χ1v) is 14.1. The Balaban J connectivity index is 1.58. The number of rotatable bonds is 8. The molecule has 0 atom stereocenters. The number of carbonyl (C=O) groups excluding carboxylic acids is 2. The van der Waals surface area contributed by atoms with Crippen LogP contribution in [0.5, 0.6) is 0 Å². The maximum absolute atomic E-state index is 14.1. The van der Waals surface area contributed by atoms with Crippen LogP contribution in [0, 0.1) is 0 Å². The second-order valence-electron chi connectivity index (χ2n) is 10.4. The number of alkyl halides is 3. The summed E-state index contributed by atoms with van der Waals surface area (Å²) in [5.41, 5.74) is 0.600. The lowest BCUT2D eigenvalue weighted by molar-refractivity contribution is -0.137. The number of para-hydroxylation sites is 1. The number of hydrogen-bond donors (Lipinski definition) is 2. The number of aromatic nitrogens is 4. The van der Waals surface area contributed by atoms with Crippen LogP contribution >= 0.6 is 0 Å². The molecule has 2 aromatic carbocycles. The average molecular weight is 593 g/mol. The molecule has 0 radical (unpaired) electrons. The van der Waals surface area contributed by atoms with Gasteiger partial charge in [0.15, 0.2) is 0 Å². The van der Waals surface area contributed by atoms with E-state index in [1.807, 2.05) is 6.92 Å². The molecule has 9 nitrogen and oxygen atoms in total. The number of fused-ring (bicyclic) bond motifs is 1. The fourth-order valence-corrected chi connectivity index (χ4v) is 5.49. The summed E-state index contributed by atoms with van der Waals surface area (Å²) in [6.45, 7) is 5.11. The standard InChI is InChI=1S/C31H31F3N6O3/c1-3-23-27(22-12-8-9-13-24(22)36-25(41)4-2)29(43)40-30(37-23)39(28(38-40)19-10-6-5-7-11-19)18-26(42)35-21-16-14-20(15-17-21)31(32,33)34/h4,8-9,12-17,19H,2-3,5-7,10-11,18H2,1H3,(H,35,42)(H,36,41). The Bertz CT molecular complexity index is 1730. The van der Waals surface area contributed by atoms with Crippen molar-refractivity contribution in [1.29, 1.82) is 0 Å². The summed E-state index contributed by atoms with van der Waals surface area (Å²) >= 11 is 0. The van der Waals surface area contributed by atoms with Gasteiger partial charge in [0.1, 0.15) is 12.4 Å². The predicted molar refractivity (Wildman–Crippen MR) is 157 cm³/mol. The van der Waals surface area contributed by atoms with Crippen LogP contribution in [-0.4, -0.2) is 31.0 Å². The zero-order chi connectivity index (χ0) is 30.7. The van der Waals surface area contributed by atoms with Gasteiger partial charge in [0.25, 0.3) is 5.56 Å². The fourth-order valence-electron chi connectivity index (χ4n) is 5.49. The summed E-state index contributed by atoms with van der Waals surface area (Å²) in [6, 6.07) is 11.1. The molecular weight excluding hydrogens is 561 g/mol. The Morgan fingerprint density at radius 3 is 2.40 bits per heavy atom. The Morgan fingerprint density at radius 1 is 1.05 bits per heavy atom. The van der Waals surface area contributed by atoms with Crippen LogP contribution in [0.2, 0.25) is 0 Å². The summed E-state index contributed by atoms with van der Waals surface area (Å²) in [5, 5.41) is 10.1. The molecule has 1 aliphatic carbocycles. The molecule has 43 heavy (non-hydrogen) atoms. The van der Waals surface area contributed by atoms with E-state index < -0.39 is 29.1 Å². The number of nitrogens with one attached hydrogen (secondary N) is 2. The van der Waals surface area contributed by atoms with Crippen molar-refractivity contribution in [2.75, 3.05) is 10.6 Å². The first kappa shape index (κ1) is 29.7. The maximum Gasteiger partial charge on any atom is 0.416 e. The third-order valence-electron chi connectivity index (χ3n) is 7.58. The number of anilines is 2. The molecule has 2 N–H and O–H groups in total. The third-order valence-corrected chi connectivity index (χ3v) is 7.58. The van der Waals surface area contributed by atoms with E-state index in [1.165, 1.54) is 16.6 Å². The number of hydrogen-bond acceptors (Lipinski definition) is 5. The van der Waals surface area contributed by atoms with E-state index in [0.717, 1.165) is 50.3 Å². The number of benzene rings is 2. The zero-order valence-electron chi connectivity index (χ0n) is 23.6. The van der Waals surface area contributed by atoms with Gasteiger partial charge in [-0.1, -0.05) is 51.0 Å². The molecule has 12 heteroatoms. The number of carbonyl (C=O) groups is 2. The van der Waals surface area contributed by atoms with Gasteiger partial charge in [-0.2, -0.15) is 17.7 Å². The van der Waals surface area contributed by atoms with Crippen LogP contribution in [0.4, 0.5) is 24.5 Å². The van der Waals surface area contributed by atoms with Crippen LogP contribution < -0.4 is 16.2 Å². The summed E-state index contributed by atoms with van der Waals surface area (Å²) in [7, 11) is 0. The Kier molecular flexibility index (Phi) is 8.47. The average Bonchev–Trinajstić information content (AvgIpc) is 3.35. The lowest BCUT2D eigenvalue weighted by Gasteiger charge is -2.21. The second kappa shape index (κ2) is 12.2. The van der Waals surface area contributed by atoms with E-state index in [0.29, 0.717) is 29.2 Å². The monoisotopic (exact) mass is 592 g/mol. The fraction of sp³-hybridized carbons (Fsp3) is 0.323. The van der Waals surface area contributed by atoms with Gasteiger partial charge in [-0.15, -0.1) is 5.10 Å². The highest BCUT2D eigenvalue weighted by molar-refractivity contribution is 6.01. The van der Waals surface area contributed by atoms with E-state index in [9.17, 15) is 27.6 Å². The maximum atomic E-state index is 14.1. The van der Waals surface area contributed by atoms with E-state index in [-0.39, 0.29) is 29.5 Å². The first-order valence-electron chi connectivity index (χ1n) is 14.1. The van der Waals surface area contributed by atoms with Gasteiger partial charge in [-0.25, -0.2) is 4.98 Å². The number of aryl methyl sites for hydroxylation is 1. The van der Waals surface area contributed by atoms with E-state index in [4.69, 9.17) is 10.1 Å². The number of amides is 2. The highest BCUT2D eigenvalue weighted by Crippen LogP contribution is 2.34. The van der Waals surface area contributed by atoms with E-state index in [2.05, 4.69) is 17.2 Å². The second-order valence-corrected chi connectivity index (χ2v) is 10.4. The van der Waals surface area contributed by atoms with Crippen LogP contribution in [0.15, 0.2) is 66.0 Å². The molecule has 2 amide bonds. The molecule has 1 saturated carbocycles. The van der Waals surface area contributed by atoms with Crippen LogP contribution in [0.25, 0.3) is 16.9 Å². The van der Waals surface area contributed by atoms with Gasteiger partial charge in [0.05, 0.1) is 16.8 Å². The van der Waals surface area contributed by atoms with Gasteiger partial charge in [0, 0.05) is 22.9 Å². The topological polar surface area (TPSA) is 110 Å². The minimum Gasteiger partial charge on any atom is -0.325 e. The van der Waals surface area contributed by atoms with Crippen molar-refractivity contribution in [3.05, 3.63) is 88.6 Å². The molecule has 4 aromatic rings. The number of nitrogens with zero attached hydrogens (tertiary/aromatic N) is 4.